The molecule has 1 aliphatic heterocycles. The van der Waals surface area contributed by atoms with E-state index in [2.05, 4.69) is 29.2 Å². The number of primary amides is 1. The van der Waals surface area contributed by atoms with Crippen LogP contribution in [0, 0.1) is 0 Å². The quantitative estimate of drug-likeness (QED) is 0.216. The van der Waals surface area contributed by atoms with Gasteiger partial charge in [-0.3, -0.25) is 4.79 Å². The van der Waals surface area contributed by atoms with Crippen LogP contribution in [0.3, 0.4) is 0 Å². The minimum atomic E-state index is -0.843. The van der Waals surface area contributed by atoms with Crippen molar-refractivity contribution in [3.8, 4) is 0 Å². The van der Waals surface area contributed by atoms with Gasteiger partial charge in [0.2, 0.25) is 0 Å². The van der Waals surface area contributed by atoms with Crippen LogP contribution in [-0.2, 0) is 20.5 Å². The maximum Gasteiger partial charge on any atom is 0.314 e. The number of piperidine rings is 1. The van der Waals surface area contributed by atoms with Gasteiger partial charge in [0.05, 0.1) is 12.2 Å². The molecule has 3 aromatic carbocycles. The summed E-state index contributed by atoms with van der Waals surface area (Å²) in [4.78, 5) is 28.8. The van der Waals surface area contributed by atoms with E-state index in [1.165, 1.54) is 0 Å². The highest BCUT2D eigenvalue weighted by Crippen LogP contribution is 2.39. The summed E-state index contributed by atoms with van der Waals surface area (Å²) >= 11 is 6.06. The Bertz CT molecular complexity index is 1260. The highest BCUT2D eigenvalue weighted by atomic mass is 35.5. The summed E-state index contributed by atoms with van der Waals surface area (Å²) in [5.74, 6) is -0.270. The Kier molecular flexibility index (Phi) is 11.6. The van der Waals surface area contributed by atoms with E-state index in [1.54, 1.807) is 11.8 Å². The van der Waals surface area contributed by atoms with Gasteiger partial charge in [-0.25, -0.2) is 4.79 Å². The number of rotatable bonds is 14. The predicted octanol–water partition coefficient (Wildman–Crippen LogP) is 6.11. The largest absolute Gasteiger partial charge is 0.466 e. The van der Waals surface area contributed by atoms with Crippen molar-refractivity contribution in [2.75, 3.05) is 39.3 Å². The molecule has 1 saturated heterocycles. The van der Waals surface area contributed by atoms with Gasteiger partial charge in [0.15, 0.2) is 0 Å². The number of benzene rings is 3. The standard InChI is InChI=1S/C35H44ClN3O4/c1-2-43-32(40)15-9-24-39(33(37)41)27-34(28-11-5-3-6-12-28,29-13-7-4-8-14-29)20-10-23-38-25-21-35(42,22-26-38)30-16-18-31(36)19-17-30/h3-8,11-14,16-19,42H,2,9-10,15,20-27H2,1H3,(H2,37,41). The van der Waals surface area contributed by atoms with E-state index in [0.29, 0.717) is 44.0 Å². The third-order valence-corrected chi connectivity index (χ3v) is 8.93. The minimum Gasteiger partial charge on any atom is -0.466 e. The van der Waals surface area contributed by atoms with E-state index in [0.717, 1.165) is 49.2 Å². The van der Waals surface area contributed by atoms with Crippen molar-refractivity contribution in [2.24, 2.45) is 5.73 Å². The molecule has 3 aromatic rings. The van der Waals surface area contributed by atoms with Gasteiger partial charge in [-0.2, -0.15) is 0 Å². The zero-order valence-electron chi connectivity index (χ0n) is 25.1. The zero-order chi connectivity index (χ0) is 30.7. The van der Waals surface area contributed by atoms with E-state index in [1.807, 2.05) is 60.7 Å². The third kappa shape index (κ3) is 8.59. The molecule has 8 heteroatoms. The number of urea groups is 1. The molecule has 4 rings (SSSR count). The van der Waals surface area contributed by atoms with Gasteiger partial charge in [-0.15, -0.1) is 0 Å². The topological polar surface area (TPSA) is 96.1 Å². The predicted molar refractivity (Wildman–Crippen MR) is 171 cm³/mol. The number of ether oxygens (including phenoxy) is 1. The number of hydrogen-bond acceptors (Lipinski definition) is 5. The molecule has 1 aliphatic rings. The third-order valence-electron chi connectivity index (χ3n) is 8.68. The first-order chi connectivity index (χ1) is 20.8. The molecule has 1 fully saturated rings. The monoisotopic (exact) mass is 605 g/mol. The molecule has 0 spiro atoms. The fraction of sp³-hybridized carbons (Fsp3) is 0.429. The molecule has 43 heavy (non-hydrogen) atoms. The first kappa shape index (κ1) is 32.5. The van der Waals surface area contributed by atoms with E-state index in [4.69, 9.17) is 22.1 Å². The lowest BCUT2D eigenvalue weighted by atomic mass is 9.70. The molecule has 7 nitrogen and oxygen atoms in total. The van der Waals surface area contributed by atoms with Crippen LogP contribution < -0.4 is 5.73 Å². The molecular formula is C35H44ClN3O4. The lowest BCUT2D eigenvalue weighted by Crippen LogP contribution is -2.48. The van der Waals surface area contributed by atoms with Gasteiger partial charge >= 0.3 is 12.0 Å². The van der Waals surface area contributed by atoms with Crippen LogP contribution in [0.1, 0.15) is 62.1 Å². The molecule has 1 heterocycles. The highest BCUT2D eigenvalue weighted by Gasteiger charge is 2.38. The van der Waals surface area contributed by atoms with Crippen molar-refractivity contribution in [1.82, 2.24) is 9.80 Å². The summed E-state index contributed by atoms with van der Waals surface area (Å²) in [6, 6.07) is 27.6. The fourth-order valence-corrected chi connectivity index (χ4v) is 6.40. The lowest BCUT2D eigenvalue weighted by molar-refractivity contribution is -0.143. The van der Waals surface area contributed by atoms with Crippen molar-refractivity contribution in [2.45, 2.75) is 56.5 Å². The van der Waals surface area contributed by atoms with E-state index >= 15 is 0 Å². The van der Waals surface area contributed by atoms with Gasteiger partial charge in [-0.1, -0.05) is 84.4 Å². The second-order valence-corrected chi connectivity index (χ2v) is 11.9. The van der Waals surface area contributed by atoms with Crippen LogP contribution in [0.2, 0.25) is 5.02 Å². The summed E-state index contributed by atoms with van der Waals surface area (Å²) < 4.78 is 5.08. The van der Waals surface area contributed by atoms with E-state index in [9.17, 15) is 14.7 Å². The molecule has 2 amide bonds. The number of amides is 2. The smallest absolute Gasteiger partial charge is 0.314 e. The van der Waals surface area contributed by atoms with Crippen LogP contribution in [0.5, 0.6) is 0 Å². The molecular weight excluding hydrogens is 562 g/mol. The number of nitrogens with two attached hydrogens (primary N) is 1. The average molecular weight is 606 g/mol. The molecule has 0 radical (unpaired) electrons. The Balaban J connectivity index is 1.51. The van der Waals surface area contributed by atoms with Crippen LogP contribution in [0.15, 0.2) is 84.9 Å². The molecule has 0 bridgehead atoms. The maximum absolute atomic E-state index is 12.8. The SMILES string of the molecule is CCOC(=O)CCCN(CC(CCCN1CCC(O)(c2ccc(Cl)cc2)CC1)(c1ccccc1)c1ccccc1)C(N)=O. The van der Waals surface area contributed by atoms with E-state index in [-0.39, 0.29) is 12.4 Å². The highest BCUT2D eigenvalue weighted by molar-refractivity contribution is 6.30. The minimum absolute atomic E-state index is 0.235. The van der Waals surface area contributed by atoms with Crippen LogP contribution >= 0.6 is 11.6 Å². The summed E-state index contributed by atoms with van der Waals surface area (Å²) in [6.07, 6.45) is 3.71. The van der Waals surface area contributed by atoms with Crippen molar-refractivity contribution >= 4 is 23.6 Å². The molecule has 0 aromatic heterocycles. The van der Waals surface area contributed by atoms with Gasteiger partial charge in [0, 0.05) is 43.0 Å². The molecule has 0 aliphatic carbocycles. The van der Waals surface area contributed by atoms with Crippen molar-refractivity contribution in [1.29, 1.82) is 0 Å². The normalized spacial score (nSPS) is 15.1. The maximum atomic E-state index is 12.8. The molecule has 0 atom stereocenters. The second kappa shape index (κ2) is 15.4. The Labute approximate surface area is 260 Å². The van der Waals surface area contributed by atoms with Crippen LogP contribution in [0.4, 0.5) is 4.79 Å². The van der Waals surface area contributed by atoms with Crippen LogP contribution in [-0.4, -0.2) is 66.2 Å². The summed E-state index contributed by atoms with van der Waals surface area (Å²) in [7, 11) is 0. The molecule has 0 unspecified atom stereocenters. The molecule has 3 N–H and O–H groups in total. The van der Waals surface area contributed by atoms with Crippen molar-refractivity contribution in [3.63, 3.8) is 0 Å². The fourth-order valence-electron chi connectivity index (χ4n) is 6.27. The first-order valence-corrected chi connectivity index (χ1v) is 15.7. The Morgan fingerprint density at radius 1 is 0.953 bits per heavy atom. The number of nitrogens with zero attached hydrogens (tertiary/aromatic N) is 2. The summed E-state index contributed by atoms with van der Waals surface area (Å²) in [6.45, 7) is 5.35. The Morgan fingerprint density at radius 2 is 1.53 bits per heavy atom. The van der Waals surface area contributed by atoms with Crippen molar-refractivity contribution in [3.05, 3.63) is 107 Å². The van der Waals surface area contributed by atoms with Crippen LogP contribution in [0.25, 0.3) is 0 Å². The molecule has 0 saturated carbocycles. The number of aliphatic hydroxyl groups is 1. The van der Waals surface area contributed by atoms with Crippen molar-refractivity contribution < 1.29 is 19.4 Å². The average Bonchev–Trinajstić information content (AvgIpc) is 3.02. The van der Waals surface area contributed by atoms with E-state index < -0.39 is 17.0 Å². The Morgan fingerprint density at radius 3 is 2.07 bits per heavy atom. The zero-order valence-corrected chi connectivity index (χ0v) is 25.8. The van der Waals surface area contributed by atoms with Gasteiger partial charge in [0.25, 0.3) is 0 Å². The number of carbonyl (C=O) groups is 2. The summed E-state index contributed by atoms with van der Waals surface area (Å²) in [5.41, 5.74) is 7.75. The number of likely N-dealkylation sites (tertiary alicyclic amines) is 1. The second-order valence-electron chi connectivity index (χ2n) is 11.5. The summed E-state index contributed by atoms with van der Waals surface area (Å²) in [5, 5.41) is 12.0. The number of carbonyl (C=O) groups excluding carboxylic acids is 2. The number of esters is 1. The molecule has 230 valence electrons. The van der Waals surface area contributed by atoms with Gasteiger partial charge in [0.1, 0.15) is 0 Å². The lowest BCUT2D eigenvalue weighted by Gasteiger charge is -2.41. The van der Waals surface area contributed by atoms with Gasteiger partial charge < -0.3 is 25.4 Å². The Hall–Kier alpha value is -3.39. The number of hydrogen-bond donors (Lipinski definition) is 2. The first-order valence-electron chi connectivity index (χ1n) is 15.3. The number of halogens is 1. The van der Waals surface area contributed by atoms with Gasteiger partial charge in [-0.05, 0) is 74.4 Å².